The van der Waals surface area contributed by atoms with E-state index in [2.05, 4.69) is 60.4 Å². The Morgan fingerprint density at radius 3 is 2.24 bits per heavy atom. The van der Waals surface area contributed by atoms with E-state index in [4.69, 9.17) is 0 Å². The highest BCUT2D eigenvalue weighted by molar-refractivity contribution is 5.59. The molecule has 104 valence electrons. The first kappa shape index (κ1) is 13.5. The molecule has 0 N–H and O–H groups in total. The Kier molecular flexibility index (Phi) is 3.75. The SMILES string of the molecule is C[C@H]1CC=C(C#N)N(c2ccccc2)[C@@H]1c1ccccc1. The summed E-state index contributed by atoms with van der Waals surface area (Å²) in [4.78, 5) is 2.17. The molecule has 1 aliphatic heterocycles. The molecule has 1 heterocycles. The number of allylic oxidation sites excluding steroid dienone is 2. The van der Waals surface area contributed by atoms with Crippen LogP contribution in [0.3, 0.4) is 0 Å². The normalized spacial score (nSPS) is 21.5. The zero-order valence-electron chi connectivity index (χ0n) is 12.1. The van der Waals surface area contributed by atoms with Gasteiger partial charge in [-0.1, -0.05) is 55.5 Å². The van der Waals surface area contributed by atoms with E-state index >= 15 is 0 Å². The third-order valence-electron chi connectivity index (χ3n) is 4.05. The van der Waals surface area contributed by atoms with Crippen LogP contribution in [0.2, 0.25) is 0 Å². The lowest BCUT2D eigenvalue weighted by molar-refractivity contribution is 0.442. The van der Waals surface area contributed by atoms with Gasteiger partial charge in [0, 0.05) is 5.69 Å². The molecule has 2 heteroatoms. The lowest BCUT2D eigenvalue weighted by Crippen LogP contribution is -2.35. The van der Waals surface area contributed by atoms with Gasteiger partial charge in [0.2, 0.25) is 0 Å². The molecule has 0 fully saturated rings. The van der Waals surface area contributed by atoms with Crippen LogP contribution in [0.5, 0.6) is 0 Å². The maximum atomic E-state index is 9.51. The first-order chi connectivity index (χ1) is 10.3. The molecular weight excluding hydrogens is 256 g/mol. The molecule has 21 heavy (non-hydrogen) atoms. The highest BCUT2D eigenvalue weighted by Crippen LogP contribution is 2.40. The molecular formula is C19H18N2. The van der Waals surface area contributed by atoms with Gasteiger partial charge in [-0.25, -0.2) is 0 Å². The van der Waals surface area contributed by atoms with Crippen LogP contribution in [0, 0.1) is 17.2 Å². The van der Waals surface area contributed by atoms with Crippen LogP contribution in [0.25, 0.3) is 0 Å². The standard InChI is InChI=1S/C19H18N2/c1-15-12-13-18(14-20)21(17-10-6-3-7-11-17)19(15)16-8-4-2-5-9-16/h2-11,13,15,19H,12H2,1H3/t15-,19-/m0/s1. The Morgan fingerprint density at radius 2 is 1.62 bits per heavy atom. The van der Waals surface area contributed by atoms with E-state index in [1.54, 1.807) is 0 Å². The fraction of sp³-hybridized carbons (Fsp3) is 0.211. The van der Waals surface area contributed by atoms with Crippen LogP contribution < -0.4 is 4.90 Å². The van der Waals surface area contributed by atoms with E-state index in [0.717, 1.165) is 17.8 Å². The molecule has 0 unspecified atom stereocenters. The average molecular weight is 274 g/mol. The molecule has 0 aliphatic carbocycles. The monoisotopic (exact) mass is 274 g/mol. The summed E-state index contributed by atoms with van der Waals surface area (Å²) < 4.78 is 0. The zero-order valence-corrected chi connectivity index (χ0v) is 12.1. The van der Waals surface area contributed by atoms with E-state index in [1.807, 2.05) is 24.3 Å². The fourth-order valence-corrected chi connectivity index (χ4v) is 3.04. The first-order valence-corrected chi connectivity index (χ1v) is 7.30. The van der Waals surface area contributed by atoms with Gasteiger partial charge in [-0.3, -0.25) is 0 Å². The number of hydrogen-bond acceptors (Lipinski definition) is 2. The van der Waals surface area contributed by atoms with Gasteiger partial charge in [-0.05, 0) is 36.1 Å². The Morgan fingerprint density at radius 1 is 1.00 bits per heavy atom. The van der Waals surface area contributed by atoms with Crippen LogP contribution >= 0.6 is 0 Å². The molecule has 0 saturated heterocycles. The van der Waals surface area contributed by atoms with Crippen molar-refractivity contribution >= 4 is 5.69 Å². The third-order valence-corrected chi connectivity index (χ3v) is 4.05. The van der Waals surface area contributed by atoms with E-state index in [1.165, 1.54) is 5.56 Å². The van der Waals surface area contributed by atoms with Crippen LogP contribution in [0.4, 0.5) is 5.69 Å². The number of nitrogens with zero attached hydrogens (tertiary/aromatic N) is 2. The van der Waals surface area contributed by atoms with Gasteiger partial charge in [-0.2, -0.15) is 5.26 Å². The van der Waals surface area contributed by atoms with Gasteiger partial charge in [-0.15, -0.1) is 0 Å². The van der Waals surface area contributed by atoms with Gasteiger partial charge in [0.25, 0.3) is 0 Å². The summed E-state index contributed by atoms with van der Waals surface area (Å²) in [5.74, 6) is 0.463. The van der Waals surface area contributed by atoms with Gasteiger partial charge >= 0.3 is 0 Å². The summed E-state index contributed by atoms with van der Waals surface area (Å²) in [7, 11) is 0. The van der Waals surface area contributed by atoms with Crippen molar-refractivity contribution in [3.05, 3.63) is 78.0 Å². The highest BCUT2D eigenvalue weighted by atomic mass is 15.2. The molecule has 0 bridgehead atoms. The quantitative estimate of drug-likeness (QED) is 0.795. The van der Waals surface area contributed by atoms with Gasteiger partial charge < -0.3 is 4.90 Å². The third kappa shape index (κ3) is 2.55. The highest BCUT2D eigenvalue weighted by Gasteiger charge is 2.31. The molecule has 2 aromatic carbocycles. The zero-order chi connectivity index (χ0) is 14.7. The number of para-hydroxylation sites is 1. The molecule has 2 atom stereocenters. The lowest BCUT2D eigenvalue weighted by Gasteiger charge is -2.40. The predicted molar refractivity (Wildman–Crippen MR) is 85.6 cm³/mol. The van der Waals surface area contributed by atoms with Crippen LogP contribution in [0.1, 0.15) is 24.9 Å². The summed E-state index contributed by atoms with van der Waals surface area (Å²) in [5, 5.41) is 9.51. The minimum absolute atomic E-state index is 0.202. The molecule has 2 aromatic rings. The second kappa shape index (κ2) is 5.85. The molecule has 0 aromatic heterocycles. The van der Waals surface area contributed by atoms with Crippen LogP contribution in [0.15, 0.2) is 72.4 Å². The van der Waals surface area contributed by atoms with E-state index in [-0.39, 0.29) is 6.04 Å². The molecule has 1 aliphatic rings. The summed E-state index contributed by atoms with van der Waals surface area (Å²) in [5.41, 5.74) is 3.08. The number of nitriles is 1. The molecule has 0 amide bonds. The maximum Gasteiger partial charge on any atom is 0.117 e. The lowest BCUT2D eigenvalue weighted by atomic mass is 9.86. The van der Waals surface area contributed by atoms with Crippen LogP contribution in [-0.4, -0.2) is 0 Å². The van der Waals surface area contributed by atoms with E-state index in [0.29, 0.717) is 5.92 Å². The van der Waals surface area contributed by atoms with Crippen molar-refractivity contribution < 1.29 is 0 Å². The second-order valence-electron chi connectivity index (χ2n) is 5.48. The number of rotatable bonds is 2. The Balaban J connectivity index is 2.11. The van der Waals surface area contributed by atoms with Gasteiger partial charge in [0.1, 0.15) is 11.8 Å². The molecule has 3 rings (SSSR count). The largest absolute Gasteiger partial charge is 0.325 e. The summed E-state index contributed by atoms with van der Waals surface area (Å²) >= 11 is 0. The number of benzene rings is 2. The second-order valence-corrected chi connectivity index (χ2v) is 5.48. The van der Waals surface area contributed by atoms with Crippen LogP contribution in [-0.2, 0) is 0 Å². The van der Waals surface area contributed by atoms with Crippen molar-refractivity contribution in [2.75, 3.05) is 4.90 Å². The van der Waals surface area contributed by atoms with Crippen molar-refractivity contribution in [3.63, 3.8) is 0 Å². The smallest absolute Gasteiger partial charge is 0.117 e. The topological polar surface area (TPSA) is 27.0 Å². The van der Waals surface area contributed by atoms with E-state index in [9.17, 15) is 5.26 Å². The molecule has 0 saturated carbocycles. The summed E-state index contributed by atoms with van der Waals surface area (Å²) in [6.45, 7) is 2.25. The maximum absolute atomic E-state index is 9.51. The minimum atomic E-state index is 0.202. The Labute approximate surface area is 126 Å². The predicted octanol–water partition coefficient (Wildman–Crippen LogP) is 4.68. The molecule has 0 radical (unpaired) electrons. The van der Waals surface area contributed by atoms with Crippen molar-refractivity contribution in [3.8, 4) is 6.07 Å². The van der Waals surface area contributed by atoms with Crippen molar-refractivity contribution in [2.24, 2.45) is 5.92 Å². The van der Waals surface area contributed by atoms with Gasteiger partial charge in [0.05, 0.1) is 6.04 Å². The average Bonchev–Trinajstić information content (AvgIpc) is 2.56. The first-order valence-electron chi connectivity index (χ1n) is 7.30. The van der Waals surface area contributed by atoms with Crippen molar-refractivity contribution in [1.29, 1.82) is 5.26 Å². The van der Waals surface area contributed by atoms with Crippen molar-refractivity contribution in [1.82, 2.24) is 0 Å². The van der Waals surface area contributed by atoms with E-state index < -0.39 is 0 Å². The number of anilines is 1. The van der Waals surface area contributed by atoms with Gasteiger partial charge in [0.15, 0.2) is 0 Å². The Bertz CT molecular complexity index is 668. The molecule has 2 nitrogen and oxygen atoms in total. The summed E-state index contributed by atoms with van der Waals surface area (Å²) in [6.07, 6.45) is 2.99. The Hall–Kier alpha value is -2.53. The summed E-state index contributed by atoms with van der Waals surface area (Å²) in [6, 6.07) is 23.2. The minimum Gasteiger partial charge on any atom is -0.325 e. The fourth-order valence-electron chi connectivity index (χ4n) is 3.04. The molecule has 0 spiro atoms. The van der Waals surface area contributed by atoms with Crippen molar-refractivity contribution in [2.45, 2.75) is 19.4 Å². The number of hydrogen-bond donors (Lipinski definition) is 0.